The zero-order chi connectivity index (χ0) is 19.3. The molecule has 1 N–H and O–H groups in total. The molecular formula is C21H25NO5. The number of aliphatic carboxylic acids is 1. The molecule has 0 amide bonds. The number of carboxylic acid groups (broad SMARTS) is 1. The SMILES string of the molecule is CCc1ccc(CCOc2ccc(C3COC(C)(C(=O)O)OC3)cc2)nc1. The summed E-state index contributed by atoms with van der Waals surface area (Å²) < 4.78 is 16.6. The molecule has 2 aromatic rings. The molecule has 1 aromatic carbocycles. The van der Waals surface area contributed by atoms with Gasteiger partial charge in [0.15, 0.2) is 0 Å². The van der Waals surface area contributed by atoms with E-state index >= 15 is 0 Å². The third-order valence-corrected chi connectivity index (χ3v) is 4.78. The van der Waals surface area contributed by atoms with E-state index in [1.54, 1.807) is 0 Å². The van der Waals surface area contributed by atoms with Crippen molar-refractivity contribution in [3.05, 3.63) is 59.4 Å². The third kappa shape index (κ3) is 4.84. The van der Waals surface area contributed by atoms with Crippen LogP contribution in [0.4, 0.5) is 0 Å². The zero-order valence-corrected chi connectivity index (χ0v) is 15.7. The molecule has 1 fully saturated rings. The van der Waals surface area contributed by atoms with Crippen LogP contribution in [0.5, 0.6) is 5.75 Å². The van der Waals surface area contributed by atoms with Crippen molar-refractivity contribution in [2.45, 2.75) is 38.4 Å². The van der Waals surface area contributed by atoms with Crippen LogP contribution in [0.15, 0.2) is 42.6 Å². The van der Waals surface area contributed by atoms with Crippen molar-refractivity contribution >= 4 is 5.97 Å². The number of ether oxygens (including phenoxy) is 3. The van der Waals surface area contributed by atoms with Crippen LogP contribution in [0.1, 0.15) is 36.6 Å². The molecule has 1 aliphatic rings. The summed E-state index contributed by atoms with van der Waals surface area (Å²) in [5, 5.41) is 9.11. The first-order chi connectivity index (χ1) is 13.0. The summed E-state index contributed by atoms with van der Waals surface area (Å²) in [6.07, 6.45) is 3.65. The average Bonchev–Trinajstić information content (AvgIpc) is 2.70. The van der Waals surface area contributed by atoms with Gasteiger partial charge in [-0.05, 0) is 35.7 Å². The van der Waals surface area contributed by atoms with E-state index in [0.29, 0.717) is 19.8 Å². The maximum atomic E-state index is 11.1. The topological polar surface area (TPSA) is 77.9 Å². The van der Waals surface area contributed by atoms with Gasteiger partial charge in [-0.2, -0.15) is 0 Å². The highest BCUT2D eigenvalue weighted by molar-refractivity contribution is 5.75. The highest BCUT2D eigenvalue weighted by Crippen LogP contribution is 2.29. The van der Waals surface area contributed by atoms with Crippen molar-refractivity contribution in [2.24, 2.45) is 0 Å². The Morgan fingerprint density at radius 3 is 2.48 bits per heavy atom. The Labute approximate surface area is 159 Å². The number of aromatic nitrogens is 1. The van der Waals surface area contributed by atoms with Crippen molar-refractivity contribution in [2.75, 3.05) is 19.8 Å². The first-order valence-electron chi connectivity index (χ1n) is 9.18. The van der Waals surface area contributed by atoms with Gasteiger partial charge in [0, 0.05) is 31.2 Å². The van der Waals surface area contributed by atoms with E-state index in [4.69, 9.17) is 19.3 Å². The predicted molar refractivity (Wildman–Crippen MR) is 99.9 cm³/mol. The largest absolute Gasteiger partial charge is 0.493 e. The van der Waals surface area contributed by atoms with Crippen LogP contribution in [0.2, 0.25) is 0 Å². The number of aryl methyl sites for hydroxylation is 1. The van der Waals surface area contributed by atoms with E-state index in [1.807, 2.05) is 36.5 Å². The molecule has 6 heteroatoms. The Morgan fingerprint density at radius 2 is 1.93 bits per heavy atom. The Hall–Kier alpha value is -2.44. The van der Waals surface area contributed by atoms with Crippen LogP contribution in [0, 0.1) is 0 Å². The third-order valence-electron chi connectivity index (χ3n) is 4.78. The Bertz CT molecular complexity index is 749. The van der Waals surface area contributed by atoms with E-state index in [2.05, 4.69) is 18.0 Å². The highest BCUT2D eigenvalue weighted by atomic mass is 16.7. The van der Waals surface area contributed by atoms with Crippen LogP contribution in [-0.4, -0.2) is 41.7 Å². The molecule has 0 atom stereocenters. The summed E-state index contributed by atoms with van der Waals surface area (Å²) in [5.74, 6) is -1.86. The first-order valence-corrected chi connectivity index (χ1v) is 9.18. The second-order valence-corrected chi connectivity index (χ2v) is 6.75. The van der Waals surface area contributed by atoms with Gasteiger partial charge in [-0.25, -0.2) is 4.79 Å². The first kappa shape index (κ1) is 19.3. The highest BCUT2D eigenvalue weighted by Gasteiger charge is 2.40. The number of nitrogens with zero attached hydrogens (tertiary/aromatic N) is 1. The molecule has 27 heavy (non-hydrogen) atoms. The molecule has 0 saturated carbocycles. The number of hydrogen-bond donors (Lipinski definition) is 1. The van der Waals surface area contributed by atoms with Crippen LogP contribution in [0.3, 0.4) is 0 Å². The minimum Gasteiger partial charge on any atom is -0.493 e. The van der Waals surface area contributed by atoms with E-state index in [-0.39, 0.29) is 5.92 Å². The number of benzene rings is 1. The molecule has 0 aliphatic carbocycles. The van der Waals surface area contributed by atoms with Gasteiger partial charge in [-0.1, -0.05) is 25.1 Å². The summed E-state index contributed by atoms with van der Waals surface area (Å²) in [5.41, 5.74) is 3.28. The van der Waals surface area contributed by atoms with Crippen molar-refractivity contribution < 1.29 is 24.1 Å². The lowest BCUT2D eigenvalue weighted by Crippen LogP contribution is -2.47. The fourth-order valence-electron chi connectivity index (χ4n) is 2.85. The Kier molecular flexibility index (Phi) is 6.08. The normalized spacial score (nSPS) is 22.4. The number of pyridine rings is 1. The van der Waals surface area contributed by atoms with Crippen molar-refractivity contribution in [3.63, 3.8) is 0 Å². The number of carbonyl (C=O) groups is 1. The summed E-state index contributed by atoms with van der Waals surface area (Å²) >= 11 is 0. The number of carboxylic acids is 1. The van der Waals surface area contributed by atoms with Gasteiger partial charge < -0.3 is 19.3 Å². The number of hydrogen-bond acceptors (Lipinski definition) is 5. The number of rotatable bonds is 7. The summed E-state index contributed by atoms with van der Waals surface area (Å²) in [6.45, 7) is 4.71. The lowest BCUT2D eigenvalue weighted by molar-refractivity contribution is -0.262. The van der Waals surface area contributed by atoms with Crippen molar-refractivity contribution in [1.29, 1.82) is 0 Å². The monoisotopic (exact) mass is 371 g/mol. The van der Waals surface area contributed by atoms with E-state index < -0.39 is 11.8 Å². The van der Waals surface area contributed by atoms with E-state index in [1.165, 1.54) is 12.5 Å². The maximum absolute atomic E-state index is 11.1. The summed E-state index contributed by atoms with van der Waals surface area (Å²) in [6, 6.07) is 11.9. The second-order valence-electron chi connectivity index (χ2n) is 6.75. The molecule has 6 nitrogen and oxygen atoms in total. The average molecular weight is 371 g/mol. The summed E-state index contributed by atoms with van der Waals surface area (Å²) in [7, 11) is 0. The van der Waals surface area contributed by atoms with Crippen LogP contribution in [0.25, 0.3) is 0 Å². The molecule has 0 radical (unpaired) electrons. The molecule has 2 heterocycles. The molecule has 0 bridgehead atoms. The molecule has 1 aromatic heterocycles. The van der Waals surface area contributed by atoms with Crippen LogP contribution >= 0.6 is 0 Å². The molecule has 3 rings (SSSR count). The molecule has 1 aliphatic heterocycles. The van der Waals surface area contributed by atoms with Gasteiger partial charge in [0.05, 0.1) is 19.8 Å². The lowest BCUT2D eigenvalue weighted by Gasteiger charge is -2.34. The van der Waals surface area contributed by atoms with Crippen molar-refractivity contribution in [3.8, 4) is 5.75 Å². The fraction of sp³-hybridized carbons (Fsp3) is 0.429. The lowest BCUT2D eigenvalue weighted by atomic mass is 9.99. The standard InChI is InChI=1S/C21H25NO5/c1-3-15-4-7-18(22-12-15)10-11-25-19-8-5-16(6-9-19)17-13-26-21(2,20(23)24)27-14-17/h4-9,12,17H,3,10-11,13-14H2,1-2H3,(H,23,24). The fourth-order valence-corrected chi connectivity index (χ4v) is 2.85. The minimum atomic E-state index is -1.55. The summed E-state index contributed by atoms with van der Waals surface area (Å²) in [4.78, 5) is 15.6. The molecule has 1 saturated heterocycles. The van der Waals surface area contributed by atoms with Crippen molar-refractivity contribution in [1.82, 2.24) is 4.98 Å². The Morgan fingerprint density at radius 1 is 1.22 bits per heavy atom. The van der Waals surface area contributed by atoms with Gasteiger partial charge in [0.1, 0.15) is 5.75 Å². The van der Waals surface area contributed by atoms with Gasteiger partial charge >= 0.3 is 5.97 Å². The Balaban J connectivity index is 1.48. The van der Waals surface area contributed by atoms with Gasteiger partial charge in [0.2, 0.25) is 0 Å². The zero-order valence-electron chi connectivity index (χ0n) is 15.7. The van der Waals surface area contributed by atoms with E-state index in [9.17, 15) is 4.79 Å². The maximum Gasteiger partial charge on any atom is 0.364 e. The predicted octanol–water partition coefficient (Wildman–Crippen LogP) is 3.20. The minimum absolute atomic E-state index is 0.00718. The van der Waals surface area contributed by atoms with Crippen LogP contribution in [-0.2, 0) is 27.1 Å². The van der Waals surface area contributed by atoms with Gasteiger partial charge in [-0.15, -0.1) is 0 Å². The van der Waals surface area contributed by atoms with Gasteiger partial charge in [-0.3, -0.25) is 4.98 Å². The quantitative estimate of drug-likeness (QED) is 0.805. The molecule has 144 valence electrons. The molecular weight excluding hydrogens is 346 g/mol. The van der Waals surface area contributed by atoms with E-state index in [0.717, 1.165) is 29.8 Å². The molecule has 0 spiro atoms. The van der Waals surface area contributed by atoms with Gasteiger partial charge in [0.25, 0.3) is 5.79 Å². The van der Waals surface area contributed by atoms with Crippen LogP contribution < -0.4 is 4.74 Å². The second kappa shape index (κ2) is 8.50. The smallest absolute Gasteiger partial charge is 0.364 e. The molecule has 0 unspecified atom stereocenters.